The maximum atomic E-state index is 13.5. The molecular formula is C15H18FN3O2. The number of methoxy groups -OCH3 is 2. The van der Waals surface area contributed by atoms with E-state index in [4.69, 9.17) is 21.1 Å². The second kappa shape index (κ2) is 6.43. The number of benzene rings is 2. The van der Waals surface area contributed by atoms with Crippen LogP contribution in [0.3, 0.4) is 0 Å². The smallest absolute Gasteiger partial charge is 0.127 e. The number of rotatable bonds is 5. The Hall–Kier alpha value is -2.31. The maximum absolute atomic E-state index is 13.5. The molecule has 0 aromatic heterocycles. The normalized spacial score (nSPS) is 12.0. The highest BCUT2D eigenvalue weighted by Crippen LogP contribution is 2.38. The molecule has 112 valence electrons. The summed E-state index contributed by atoms with van der Waals surface area (Å²) in [6.07, 6.45) is 0. The SMILES string of the molecule is COc1cccc(OC)c1C(NN)c1cc(F)ccc1N. The minimum Gasteiger partial charge on any atom is -0.496 e. The minimum atomic E-state index is -0.563. The molecule has 0 fully saturated rings. The van der Waals surface area contributed by atoms with Gasteiger partial charge >= 0.3 is 0 Å². The van der Waals surface area contributed by atoms with E-state index in [1.807, 2.05) is 0 Å². The van der Waals surface area contributed by atoms with Gasteiger partial charge in [0.05, 0.1) is 25.8 Å². The Balaban J connectivity index is 2.63. The molecule has 5 nitrogen and oxygen atoms in total. The lowest BCUT2D eigenvalue weighted by atomic mass is 9.96. The summed E-state index contributed by atoms with van der Waals surface area (Å²) in [7, 11) is 3.08. The Morgan fingerprint density at radius 3 is 2.24 bits per heavy atom. The van der Waals surface area contributed by atoms with Crippen molar-refractivity contribution in [1.82, 2.24) is 5.43 Å². The number of nitrogens with one attached hydrogen (secondary N) is 1. The highest BCUT2D eigenvalue weighted by atomic mass is 19.1. The van der Waals surface area contributed by atoms with Crippen molar-refractivity contribution in [3.05, 3.63) is 53.3 Å². The van der Waals surface area contributed by atoms with E-state index in [0.29, 0.717) is 28.3 Å². The monoisotopic (exact) mass is 291 g/mol. The lowest BCUT2D eigenvalue weighted by Gasteiger charge is -2.23. The first-order valence-corrected chi connectivity index (χ1v) is 6.34. The molecule has 21 heavy (non-hydrogen) atoms. The summed E-state index contributed by atoms with van der Waals surface area (Å²) >= 11 is 0. The van der Waals surface area contributed by atoms with E-state index in [-0.39, 0.29) is 0 Å². The van der Waals surface area contributed by atoms with Crippen LogP contribution in [-0.2, 0) is 0 Å². The molecule has 2 aromatic rings. The van der Waals surface area contributed by atoms with Crippen LogP contribution in [0.15, 0.2) is 36.4 Å². The summed E-state index contributed by atoms with van der Waals surface area (Å²) in [6, 6.07) is 8.92. The first-order valence-electron chi connectivity index (χ1n) is 6.34. The summed E-state index contributed by atoms with van der Waals surface area (Å²) in [5.41, 5.74) is 10.2. The zero-order valence-corrected chi connectivity index (χ0v) is 11.9. The number of halogens is 1. The van der Waals surface area contributed by atoms with Gasteiger partial charge in [0.2, 0.25) is 0 Å². The molecule has 6 heteroatoms. The summed E-state index contributed by atoms with van der Waals surface area (Å²) in [5, 5.41) is 0. The molecule has 0 aliphatic rings. The van der Waals surface area contributed by atoms with Crippen molar-refractivity contribution in [2.75, 3.05) is 20.0 Å². The van der Waals surface area contributed by atoms with Gasteiger partial charge in [0, 0.05) is 11.3 Å². The van der Waals surface area contributed by atoms with Crippen molar-refractivity contribution < 1.29 is 13.9 Å². The molecule has 0 radical (unpaired) electrons. The molecule has 0 heterocycles. The zero-order chi connectivity index (χ0) is 15.4. The van der Waals surface area contributed by atoms with Crippen molar-refractivity contribution in [2.24, 2.45) is 5.84 Å². The Morgan fingerprint density at radius 2 is 1.71 bits per heavy atom. The zero-order valence-electron chi connectivity index (χ0n) is 11.9. The van der Waals surface area contributed by atoms with E-state index in [2.05, 4.69) is 5.43 Å². The van der Waals surface area contributed by atoms with Gasteiger partial charge in [0.15, 0.2) is 0 Å². The standard InChI is InChI=1S/C15H18FN3O2/c1-20-12-4-3-5-13(21-2)14(12)15(19-18)10-8-9(16)6-7-11(10)17/h3-8,15,19H,17-18H2,1-2H3. The number of hydrogen-bond donors (Lipinski definition) is 3. The Bertz CT molecular complexity index is 612. The third-order valence-corrected chi connectivity index (χ3v) is 3.28. The van der Waals surface area contributed by atoms with Crippen LogP contribution in [0.25, 0.3) is 0 Å². The lowest BCUT2D eigenvalue weighted by molar-refractivity contribution is 0.377. The first kappa shape index (κ1) is 15.1. The Labute approximate surface area is 122 Å². The fourth-order valence-electron chi connectivity index (χ4n) is 2.29. The predicted molar refractivity (Wildman–Crippen MR) is 79.5 cm³/mol. The van der Waals surface area contributed by atoms with Crippen molar-refractivity contribution >= 4 is 5.69 Å². The highest BCUT2D eigenvalue weighted by molar-refractivity contribution is 5.57. The minimum absolute atomic E-state index is 0.395. The predicted octanol–water partition coefficient (Wildman–Crippen LogP) is 1.98. The van der Waals surface area contributed by atoms with Gasteiger partial charge in [-0.25, -0.2) is 9.82 Å². The Morgan fingerprint density at radius 1 is 1.10 bits per heavy atom. The number of hydrazine groups is 1. The molecule has 0 spiro atoms. The number of ether oxygens (including phenoxy) is 2. The third-order valence-electron chi connectivity index (χ3n) is 3.28. The quantitative estimate of drug-likeness (QED) is 0.446. The van der Waals surface area contributed by atoms with Crippen LogP contribution < -0.4 is 26.5 Å². The van der Waals surface area contributed by atoms with Gasteiger partial charge in [-0.1, -0.05) is 6.07 Å². The lowest BCUT2D eigenvalue weighted by Crippen LogP contribution is -2.30. The molecule has 0 saturated carbocycles. The van der Waals surface area contributed by atoms with Crippen LogP contribution in [0.1, 0.15) is 17.2 Å². The molecule has 0 aliphatic heterocycles. The van der Waals surface area contributed by atoms with E-state index in [1.165, 1.54) is 18.2 Å². The second-order valence-electron chi connectivity index (χ2n) is 4.45. The molecule has 1 atom stereocenters. The van der Waals surface area contributed by atoms with Crippen molar-refractivity contribution in [1.29, 1.82) is 0 Å². The number of nitrogens with two attached hydrogens (primary N) is 2. The first-order chi connectivity index (χ1) is 10.1. The van der Waals surface area contributed by atoms with E-state index in [9.17, 15) is 4.39 Å². The summed E-state index contributed by atoms with van der Waals surface area (Å²) < 4.78 is 24.2. The van der Waals surface area contributed by atoms with Crippen LogP contribution >= 0.6 is 0 Å². The van der Waals surface area contributed by atoms with Crippen molar-refractivity contribution in [2.45, 2.75) is 6.04 Å². The van der Waals surface area contributed by atoms with Crippen LogP contribution in [0.4, 0.5) is 10.1 Å². The molecule has 0 bridgehead atoms. The molecule has 2 aromatic carbocycles. The third kappa shape index (κ3) is 2.91. The summed E-state index contributed by atoms with van der Waals surface area (Å²) in [4.78, 5) is 0. The summed E-state index contributed by atoms with van der Waals surface area (Å²) in [5.74, 6) is 6.41. The second-order valence-corrected chi connectivity index (χ2v) is 4.45. The molecule has 5 N–H and O–H groups in total. The molecule has 1 unspecified atom stereocenters. The number of hydrogen-bond acceptors (Lipinski definition) is 5. The van der Waals surface area contributed by atoms with Crippen LogP contribution in [0.5, 0.6) is 11.5 Å². The topological polar surface area (TPSA) is 82.5 Å². The van der Waals surface area contributed by atoms with E-state index >= 15 is 0 Å². The van der Waals surface area contributed by atoms with Crippen molar-refractivity contribution in [3.8, 4) is 11.5 Å². The Kier molecular flexibility index (Phi) is 4.62. The van der Waals surface area contributed by atoms with Gasteiger partial charge in [-0.05, 0) is 30.3 Å². The van der Waals surface area contributed by atoms with Crippen LogP contribution in [0.2, 0.25) is 0 Å². The number of nitrogen functional groups attached to an aromatic ring is 1. The molecule has 0 saturated heterocycles. The molecule has 0 amide bonds. The van der Waals surface area contributed by atoms with Gasteiger partial charge in [-0.15, -0.1) is 0 Å². The van der Waals surface area contributed by atoms with Crippen LogP contribution in [-0.4, -0.2) is 14.2 Å². The van der Waals surface area contributed by atoms with Gasteiger partial charge < -0.3 is 15.2 Å². The largest absolute Gasteiger partial charge is 0.496 e. The van der Waals surface area contributed by atoms with Crippen LogP contribution in [0, 0.1) is 5.82 Å². The highest BCUT2D eigenvalue weighted by Gasteiger charge is 2.23. The molecule has 0 aliphatic carbocycles. The fraction of sp³-hybridized carbons (Fsp3) is 0.200. The van der Waals surface area contributed by atoms with Crippen molar-refractivity contribution in [3.63, 3.8) is 0 Å². The maximum Gasteiger partial charge on any atom is 0.127 e. The average molecular weight is 291 g/mol. The molecular weight excluding hydrogens is 273 g/mol. The van der Waals surface area contributed by atoms with Gasteiger partial charge in [0.1, 0.15) is 17.3 Å². The fourth-order valence-corrected chi connectivity index (χ4v) is 2.29. The van der Waals surface area contributed by atoms with Gasteiger partial charge in [-0.2, -0.15) is 0 Å². The van der Waals surface area contributed by atoms with E-state index < -0.39 is 11.9 Å². The number of anilines is 1. The van der Waals surface area contributed by atoms with Gasteiger partial charge in [0.25, 0.3) is 0 Å². The van der Waals surface area contributed by atoms with E-state index in [0.717, 1.165) is 0 Å². The molecule has 2 rings (SSSR count). The van der Waals surface area contributed by atoms with Gasteiger partial charge in [-0.3, -0.25) is 5.84 Å². The summed E-state index contributed by atoms with van der Waals surface area (Å²) in [6.45, 7) is 0. The van der Waals surface area contributed by atoms with E-state index in [1.54, 1.807) is 32.4 Å². The average Bonchev–Trinajstić information content (AvgIpc) is 2.51.